The number of hydrogen-bond donors (Lipinski definition) is 10. The van der Waals surface area contributed by atoms with E-state index in [2.05, 4.69) is 38.6 Å². The number of guanidine groups is 2. The maximum atomic E-state index is 12.7. The van der Waals surface area contributed by atoms with E-state index in [-0.39, 0.29) is 50.1 Å². The van der Waals surface area contributed by atoms with Crippen LogP contribution in [0.1, 0.15) is 25.7 Å². The van der Waals surface area contributed by atoms with Gasteiger partial charge >= 0.3 is 5.97 Å². The Labute approximate surface area is 196 Å². The number of amides is 3. The molecule has 0 rings (SSSR count). The van der Waals surface area contributed by atoms with Crippen LogP contribution < -0.4 is 44.6 Å². The number of nitrogens with two attached hydrogens (primary N) is 5. The summed E-state index contributed by atoms with van der Waals surface area (Å²) < 4.78 is 0. The van der Waals surface area contributed by atoms with E-state index in [0.717, 1.165) is 0 Å². The largest absolute Gasteiger partial charge is 0.480 e. The second-order valence-electron chi connectivity index (χ2n) is 6.87. The Bertz CT molecular complexity index is 725. The first kappa shape index (κ1) is 29.7. The molecule has 16 heteroatoms. The van der Waals surface area contributed by atoms with Crippen molar-refractivity contribution in [2.24, 2.45) is 38.7 Å². The van der Waals surface area contributed by atoms with Gasteiger partial charge in [0.15, 0.2) is 11.9 Å². The quantitative estimate of drug-likeness (QED) is 0.0428. The molecule has 3 atom stereocenters. The average Bonchev–Trinajstić information content (AvgIpc) is 2.74. The van der Waals surface area contributed by atoms with Gasteiger partial charge in [-0.2, -0.15) is 12.6 Å². The highest BCUT2D eigenvalue weighted by atomic mass is 32.1. The van der Waals surface area contributed by atoms with Crippen molar-refractivity contribution < 1.29 is 24.3 Å². The van der Waals surface area contributed by atoms with Crippen molar-refractivity contribution in [2.75, 3.05) is 25.4 Å². The number of aliphatic carboxylic acids is 1. The first-order valence-electron chi connectivity index (χ1n) is 10.1. The smallest absolute Gasteiger partial charge is 0.326 e. The molecule has 0 fully saturated rings. The monoisotopic (exact) mass is 490 g/mol. The van der Waals surface area contributed by atoms with Crippen molar-refractivity contribution in [1.29, 1.82) is 0 Å². The zero-order chi connectivity index (χ0) is 25.4. The van der Waals surface area contributed by atoms with Crippen molar-refractivity contribution in [3.8, 4) is 0 Å². The third kappa shape index (κ3) is 13.7. The number of nitrogens with zero attached hydrogens (tertiary/aromatic N) is 2. The van der Waals surface area contributed by atoms with Crippen molar-refractivity contribution in [1.82, 2.24) is 16.0 Å². The molecule has 0 aliphatic carbocycles. The van der Waals surface area contributed by atoms with Gasteiger partial charge in [0.2, 0.25) is 17.7 Å². The van der Waals surface area contributed by atoms with Crippen molar-refractivity contribution in [2.45, 2.75) is 43.8 Å². The van der Waals surface area contributed by atoms with E-state index in [1.165, 1.54) is 0 Å². The highest BCUT2D eigenvalue weighted by Gasteiger charge is 2.28. The Morgan fingerprint density at radius 3 is 1.67 bits per heavy atom. The fourth-order valence-corrected chi connectivity index (χ4v) is 2.78. The minimum atomic E-state index is -1.26. The molecule has 0 aromatic heterocycles. The van der Waals surface area contributed by atoms with Crippen LogP contribution in [0.4, 0.5) is 0 Å². The Balaban J connectivity index is 5.07. The minimum Gasteiger partial charge on any atom is -0.480 e. The lowest BCUT2D eigenvalue weighted by molar-refractivity contribution is -0.142. The zero-order valence-corrected chi connectivity index (χ0v) is 19.1. The molecule has 0 spiro atoms. The van der Waals surface area contributed by atoms with E-state index in [9.17, 15) is 24.3 Å². The molecule has 3 amide bonds. The van der Waals surface area contributed by atoms with Gasteiger partial charge in [-0.15, -0.1) is 0 Å². The molecule has 14 N–H and O–H groups in total. The summed E-state index contributed by atoms with van der Waals surface area (Å²) in [6, 6.07) is -3.39. The van der Waals surface area contributed by atoms with Crippen LogP contribution in [0.5, 0.6) is 0 Å². The summed E-state index contributed by atoms with van der Waals surface area (Å²) in [4.78, 5) is 55.9. The summed E-state index contributed by atoms with van der Waals surface area (Å²) in [6.45, 7) is 0.0760. The number of hydrogen-bond acceptors (Lipinski definition) is 8. The highest BCUT2D eigenvalue weighted by Crippen LogP contribution is 2.03. The normalized spacial score (nSPS) is 13.0. The molecule has 0 aliphatic rings. The lowest BCUT2D eigenvalue weighted by atomic mass is 10.1. The standard InChI is InChI=1S/C17H34N10O5S/c18-7-12(28)25-9(3-1-5-23-16(19)20)13(29)27-11(8-33)14(30)26-10(15(31)32)4-2-6-24-17(21)22/h9-11,33H,1-8,18H2,(H,25,28)(H,26,30)(H,27,29)(H,31,32)(H4,19,20,23)(H4,21,22,24)/t9-,10-,11-/m0/s1. The van der Waals surface area contributed by atoms with Gasteiger partial charge in [-0.05, 0) is 25.7 Å². The van der Waals surface area contributed by atoms with Crippen LogP contribution in [0.25, 0.3) is 0 Å². The van der Waals surface area contributed by atoms with Gasteiger partial charge in [-0.3, -0.25) is 24.4 Å². The number of carboxylic acids is 1. The molecule has 0 radical (unpaired) electrons. The fraction of sp³-hybridized carbons (Fsp3) is 0.647. The Morgan fingerprint density at radius 1 is 0.788 bits per heavy atom. The van der Waals surface area contributed by atoms with Crippen LogP contribution in [0.3, 0.4) is 0 Å². The molecule has 15 nitrogen and oxygen atoms in total. The summed E-state index contributed by atoms with van der Waals surface area (Å²) in [5.41, 5.74) is 26.2. The summed E-state index contributed by atoms with van der Waals surface area (Å²) in [5, 5.41) is 16.6. The second-order valence-corrected chi connectivity index (χ2v) is 7.23. The summed E-state index contributed by atoms with van der Waals surface area (Å²) in [7, 11) is 0. The molecule has 0 aromatic rings. The van der Waals surface area contributed by atoms with Gasteiger partial charge in [-0.1, -0.05) is 0 Å². The maximum absolute atomic E-state index is 12.7. The average molecular weight is 491 g/mol. The minimum absolute atomic E-state index is 0.0606. The number of thiol groups is 1. The van der Waals surface area contributed by atoms with E-state index >= 15 is 0 Å². The molecule has 0 unspecified atom stereocenters. The summed E-state index contributed by atoms with van der Waals surface area (Å²) in [5.74, 6) is -3.62. The molecule has 0 aromatic carbocycles. The van der Waals surface area contributed by atoms with E-state index in [1.54, 1.807) is 0 Å². The molecular formula is C17H34N10O5S. The lowest BCUT2D eigenvalue weighted by Gasteiger charge is -2.23. The molecule has 33 heavy (non-hydrogen) atoms. The van der Waals surface area contributed by atoms with Gasteiger partial charge in [0.05, 0.1) is 6.54 Å². The Morgan fingerprint density at radius 2 is 1.24 bits per heavy atom. The first-order valence-corrected chi connectivity index (χ1v) is 10.7. The van der Waals surface area contributed by atoms with Crippen molar-refractivity contribution >= 4 is 48.2 Å². The lowest BCUT2D eigenvalue weighted by Crippen LogP contribution is -2.56. The predicted molar refractivity (Wildman–Crippen MR) is 126 cm³/mol. The van der Waals surface area contributed by atoms with Crippen molar-refractivity contribution in [3.63, 3.8) is 0 Å². The Hall–Kier alpha value is -3.27. The van der Waals surface area contributed by atoms with Crippen LogP contribution in [-0.4, -0.2) is 84.2 Å². The number of rotatable bonds is 16. The molecular weight excluding hydrogens is 456 g/mol. The van der Waals surface area contributed by atoms with Gasteiger partial charge in [0.1, 0.15) is 18.1 Å². The van der Waals surface area contributed by atoms with E-state index < -0.39 is 41.8 Å². The zero-order valence-electron chi connectivity index (χ0n) is 18.2. The van der Waals surface area contributed by atoms with Crippen LogP contribution in [0, 0.1) is 0 Å². The molecule has 0 bridgehead atoms. The molecule has 0 aliphatic heterocycles. The van der Waals surface area contributed by atoms with Crippen LogP contribution >= 0.6 is 12.6 Å². The van der Waals surface area contributed by atoms with Gasteiger partial charge in [0, 0.05) is 18.8 Å². The first-order chi connectivity index (χ1) is 15.5. The molecule has 0 heterocycles. The third-order valence-corrected chi connectivity index (χ3v) is 4.52. The van der Waals surface area contributed by atoms with Gasteiger partial charge in [-0.25, -0.2) is 4.79 Å². The van der Waals surface area contributed by atoms with Crippen LogP contribution in [-0.2, 0) is 19.2 Å². The number of carboxylic acid groups (broad SMARTS) is 1. The van der Waals surface area contributed by atoms with E-state index in [1.807, 2.05) is 0 Å². The molecule has 0 saturated heterocycles. The molecule has 188 valence electrons. The van der Waals surface area contributed by atoms with E-state index in [0.29, 0.717) is 12.8 Å². The van der Waals surface area contributed by atoms with Gasteiger partial charge < -0.3 is 49.7 Å². The molecule has 0 saturated carbocycles. The predicted octanol–water partition coefficient (Wildman–Crippen LogP) is -4.48. The fourth-order valence-electron chi connectivity index (χ4n) is 2.53. The number of carbonyl (C=O) groups excluding carboxylic acids is 3. The number of carbonyl (C=O) groups is 4. The van der Waals surface area contributed by atoms with E-state index in [4.69, 9.17) is 28.7 Å². The Kier molecular flexibility index (Phi) is 14.8. The SMILES string of the molecule is NCC(=O)N[C@@H](CCCN=C(N)N)C(=O)N[C@@H](CS)C(=O)N[C@@H](CCCN=C(N)N)C(=O)O. The number of nitrogens with one attached hydrogen (secondary N) is 3. The highest BCUT2D eigenvalue weighted by molar-refractivity contribution is 7.80. The van der Waals surface area contributed by atoms with Gasteiger partial charge in [0.25, 0.3) is 0 Å². The van der Waals surface area contributed by atoms with Crippen LogP contribution in [0.2, 0.25) is 0 Å². The summed E-state index contributed by atoms with van der Waals surface area (Å²) in [6.07, 6.45) is 0.883. The topological polar surface area (TPSA) is 279 Å². The number of aliphatic imine (C=N–C) groups is 2. The summed E-state index contributed by atoms with van der Waals surface area (Å²) >= 11 is 4.06. The third-order valence-electron chi connectivity index (χ3n) is 4.16. The van der Waals surface area contributed by atoms with Crippen LogP contribution in [0.15, 0.2) is 9.98 Å². The maximum Gasteiger partial charge on any atom is 0.326 e. The second kappa shape index (κ2) is 16.4. The van der Waals surface area contributed by atoms with Crippen molar-refractivity contribution in [3.05, 3.63) is 0 Å².